The van der Waals surface area contributed by atoms with Crippen molar-refractivity contribution in [3.63, 3.8) is 0 Å². The third-order valence-corrected chi connectivity index (χ3v) is 2.34. The topological polar surface area (TPSA) is 47.1 Å². The summed E-state index contributed by atoms with van der Waals surface area (Å²) in [6.45, 7) is 6.38. The quantitative estimate of drug-likeness (QED) is 0.789. The van der Waals surface area contributed by atoms with E-state index in [0.29, 0.717) is 5.92 Å². The molecule has 0 aromatic carbocycles. The van der Waals surface area contributed by atoms with E-state index in [4.69, 9.17) is 5.73 Å². The summed E-state index contributed by atoms with van der Waals surface area (Å²) in [5.74, 6) is 0.677. The predicted octanol–water partition coefficient (Wildman–Crippen LogP) is 1.01. The second-order valence-electron chi connectivity index (χ2n) is 4.67. The van der Waals surface area contributed by atoms with Gasteiger partial charge in [0.25, 0.3) is 0 Å². The van der Waals surface area contributed by atoms with Crippen LogP contribution in [0.15, 0.2) is 12.4 Å². The molecule has 1 aromatic heterocycles. The van der Waals surface area contributed by atoms with Gasteiger partial charge < -0.3 is 10.6 Å². The van der Waals surface area contributed by atoms with Gasteiger partial charge in [-0.1, -0.05) is 13.8 Å². The molecule has 0 spiro atoms. The van der Waals surface area contributed by atoms with Gasteiger partial charge in [0.15, 0.2) is 0 Å². The number of aromatic nitrogens is 2. The van der Waals surface area contributed by atoms with Gasteiger partial charge >= 0.3 is 0 Å². The summed E-state index contributed by atoms with van der Waals surface area (Å²) in [5.41, 5.74) is 7.19. The molecule has 86 valence electrons. The van der Waals surface area contributed by atoms with Crippen molar-refractivity contribution in [2.24, 2.45) is 18.7 Å². The summed E-state index contributed by atoms with van der Waals surface area (Å²) in [6.07, 6.45) is 3.82. The molecule has 1 aromatic rings. The van der Waals surface area contributed by atoms with Crippen molar-refractivity contribution in [1.29, 1.82) is 0 Å². The predicted molar refractivity (Wildman–Crippen MR) is 62.5 cm³/mol. The molecule has 0 amide bonds. The van der Waals surface area contributed by atoms with Gasteiger partial charge in [0, 0.05) is 37.9 Å². The lowest BCUT2D eigenvalue weighted by Gasteiger charge is -2.22. The molecule has 0 saturated carbocycles. The standard InChI is InChI=1S/C11H22N4/c1-9(2)6-14(3)8-11(12)10-5-13-15(4)7-10/h5,7,9,11H,6,8,12H2,1-4H3. The number of nitrogens with two attached hydrogens (primary N) is 1. The minimum absolute atomic E-state index is 0.0578. The van der Waals surface area contributed by atoms with Crippen LogP contribution < -0.4 is 5.73 Å². The van der Waals surface area contributed by atoms with Gasteiger partial charge in [-0.05, 0) is 13.0 Å². The normalized spacial score (nSPS) is 13.8. The average Bonchev–Trinajstić information content (AvgIpc) is 2.49. The molecule has 1 atom stereocenters. The first-order valence-electron chi connectivity index (χ1n) is 5.41. The number of hydrogen-bond donors (Lipinski definition) is 1. The van der Waals surface area contributed by atoms with E-state index in [1.807, 2.05) is 19.4 Å². The first-order chi connectivity index (χ1) is 6.99. The Kier molecular flexibility index (Phi) is 4.29. The first-order valence-corrected chi connectivity index (χ1v) is 5.41. The maximum atomic E-state index is 6.09. The maximum Gasteiger partial charge on any atom is 0.0537 e. The average molecular weight is 210 g/mol. The maximum absolute atomic E-state index is 6.09. The van der Waals surface area contributed by atoms with Crippen LogP contribution in [-0.2, 0) is 7.05 Å². The van der Waals surface area contributed by atoms with Crippen molar-refractivity contribution in [2.45, 2.75) is 19.9 Å². The number of aryl methyl sites for hydroxylation is 1. The van der Waals surface area contributed by atoms with Gasteiger partial charge in [-0.15, -0.1) is 0 Å². The second kappa shape index (κ2) is 5.28. The van der Waals surface area contributed by atoms with Crippen molar-refractivity contribution in [2.75, 3.05) is 20.1 Å². The number of hydrogen-bond acceptors (Lipinski definition) is 3. The highest BCUT2D eigenvalue weighted by atomic mass is 15.2. The summed E-state index contributed by atoms with van der Waals surface area (Å²) in [4.78, 5) is 2.27. The van der Waals surface area contributed by atoms with E-state index in [0.717, 1.165) is 18.7 Å². The molecule has 0 radical (unpaired) electrons. The summed E-state index contributed by atoms with van der Waals surface area (Å²) in [6, 6.07) is 0.0578. The Morgan fingerprint density at radius 3 is 2.60 bits per heavy atom. The third kappa shape index (κ3) is 4.01. The smallest absolute Gasteiger partial charge is 0.0537 e. The van der Waals surface area contributed by atoms with Crippen LogP contribution in [0.5, 0.6) is 0 Å². The van der Waals surface area contributed by atoms with Crippen molar-refractivity contribution in [1.82, 2.24) is 14.7 Å². The van der Waals surface area contributed by atoms with E-state index in [9.17, 15) is 0 Å². The molecule has 0 bridgehead atoms. The van der Waals surface area contributed by atoms with Crippen LogP contribution in [0.2, 0.25) is 0 Å². The molecule has 0 fully saturated rings. The van der Waals surface area contributed by atoms with Crippen LogP contribution in [0, 0.1) is 5.92 Å². The van der Waals surface area contributed by atoms with Gasteiger partial charge in [0.1, 0.15) is 0 Å². The number of likely N-dealkylation sites (N-methyl/N-ethyl adjacent to an activating group) is 1. The van der Waals surface area contributed by atoms with Crippen LogP contribution in [0.3, 0.4) is 0 Å². The van der Waals surface area contributed by atoms with Crippen LogP contribution in [0.1, 0.15) is 25.5 Å². The van der Waals surface area contributed by atoms with Gasteiger partial charge in [-0.25, -0.2) is 0 Å². The fourth-order valence-corrected chi connectivity index (χ4v) is 1.77. The highest BCUT2D eigenvalue weighted by Crippen LogP contribution is 2.10. The molecular weight excluding hydrogens is 188 g/mol. The molecular formula is C11H22N4. The Bertz CT molecular complexity index is 293. The number of nitrogens with zero attached hydrogens (tertiary/aromatic N) is 3. The van der Waals surface area contributed by atoms with Crippen molar-refractivity contribution < 1.29 is 0 Å². The zero-order chi connectivity index (χ0) is 11.4. The Morgan fingerprint density at radius 1 is 1.47 bits per heavy atom. The van der Waals surface area contributed by atoms with Gasteiger partial charge in [-0.2, -0.15) is 5.10 Å². The lowest BCUT2D eigenvalue weighted by molar-refractivity contribution is 0.279. The molecule has 2 N–H and O–H groups in total. The van der Waals surface area contributed by atoms with Gasteiger partial charge in [0.2, 0.25) is 0 Å². The van der Waals surface area contributed by atoms with Crippen LogP contribution in [0.4, 0.5) is 0 Å². The molecule has 0 saturated heterocycles. The summed E-state index contributed by atoms with van der Waals surface area (Å²) >= 11 is 0. The lowest BCUT2D eigenvalue weighted by Crippen LogP contribution is -2.31. The molecule has 1 unspecified atom stereocenters. The van der Waals surface area contributed by atoms with E-state index >= 15 is 0 Å². The van der Waals surface area contributed by atoms with E-state index < -0.39 is 0 Å². The van der Waals surface area contributed by atoms with Crippen LogP contribution in [-0.4, -0.2) is 34.8 Å². The molecule has 15 heavy (non-hydrogen) atoms. The summed E-state index contributed by atoms with van der Waals surface area (Å²) in [7, 11) is 4.02. The SMILES string of the molecule is CC(C)CN(C)CC(N)c1cnn(C)c1. The monoisotopic (exact) mass is 210 g/mol. The molecule has 1 heterocycles. The Morgan fingerprint density at radius 2 is 2.13 bits per heavy atom. The lowest BCUT2D eigenvalue weighted by atomic mass is 10.1. The third-order valence-electron chi connectivity index (χ3n) is 2.34. The zero-order valence-electron chi connectivity index (χ0n) is 10.1. The van der Waals surface area contributed by atoms with E-state index in [2.05, 4.69) is 30.9 Å². The summed E-state index contributed by atoms with van der Waals surface area (Å²) < 4.78 is 1.79. The Hall–Kier alpha value is -0.870. The highest BCUT2D eigenvalue weighted by molar-refractivity contribution is 5.09. The molecule has 4 heteroatoms. The van der Waals surface area contributed by atoms with E-state index in [-0.39, 0.29) is 6.04 Å². The van der Waals surface area contributed by atoms with Crippen molar-refractivity contribution in [3.05, 3.63) is 18.0 Å². The second-order valence-corrected chi connectivity index (χ2v) is 4.67. The Balaban J connectivity index is 2.45. The fraction of sp³-hybridized carbons (Fsp3) is 0.727. The zero-order valence-corrected chi connectivity index (χ0v) is 10.1. The first kappa shape index (κ1) is 12.2. The van der Waals surface area contributed by atoms with Crippen LogP contribution in [0.25, 0.3) is 0 Å². The number of rotatable bonds is 5. The summed E-state index contributed by atoms with van der Waals surface area (Å²) in [5, 5.41) is 4.12. The molecule has 1 rings (SSSR count). The molecule has 0 aliphatic rings. The minimum Gasteiger partial charge on any atom is -0.323 e. The molecule has 0 aliphatic carbocycles. The fourth-order valence-electron chi connectivity index (χ4n) is 1.77. The minimum atomic E-state index is 0.0578. The van der Waals surface area contributed by atoms with Crippen LogP contribution >= 0.6 is 0 Å². The van der Waals surface area contributed by atoms with E-state index in [1.165, 1.54) is 0 Å². The molecule has 0 aliphatic heterocycles. The van der Waals surface area contributed by atoms with Crippen molar-refractivity contribution >= 4 is 0 Å². The van der Waals surface area contributed by atoms with Gasteiger partial charge in [0.05, 0.1) is 6.20 Å². The van der Waals surface area contributed by atoms with Gasteiger partial charge in [-0.3, -0.25) is 4.68 Å². The van der Waals surface area contributed by atoms with Crippen molar-refractivity contribution in [3.8, 4) is 0 Å². The molecule has 4 nitrogen and oxygen atoms in total. The highest BCUT2D eigenvalue weighted by Gasteiger charge is 2.11. The largest absolute Gasteiger partial charge is 0.323 e. The van der Waals surface area contributed by atoms with E-state index in [1.54, 1.807) is 4.68 Å². The Labute approximate surface area is 92.1 Å².